The minimum Gasteiger partial charge on any atom is -0.394 e. The average molecular weight is 682 g/mol. The first kappa shape index (κ1) is 46.6. The van der Waals surface area contributed by atoms with E-state index < -0.39 is 36.7 Å². The molecule has 0 spiro atoms. The molecule has 284 valence electrons. The average Bonchev–Trinajstić information content (AvgIpc) is 3.10. The Hall–Kier alpha value is -1.41. The van der Waals surface area contributed by atoms with Gasteiger partial charge < -0.3 is 15.5 Å². The summed E-state index contributed by atoms with van der Waals surface area (Å²) in [6, 6.07) is -3.10. The standard InChI is InChI=1S/C40H79N3O5/c1-3-5-7-9-11-13-15-17-18-19-20-21-22-24-26-28-30-32-34-38(45)40(46)41-37(35-44)39(43-48)36(42-47)33-31-29-27-25-23-16-14-12-10-8-6-4-2/h36-39,44-45H,3-35H2,1-2H3,(H,41,46). The van der Waals surface area contributed by atoms with Crippen molar-refractivity contribution in [3.8, 4) is 0 Å². The Morgan fingerprint density at radius 1 is 0.500 bits per heavy atom. The minimum atomic E-state index is -1.22. The van der Waals surface area contributed by atoms with Crippen LogP contribution < -0.4 is 5.32 Å². The van der Waals surface area contributed by atoms with Crippen LogP contribution in [0.15, 0.2) is 10.4 Å². The number of aliphatic hydroxyl groups is 2. The summed E-state index contributed by atoms with van der Waals surface area (Å²) < 4.78 is 0. The Bertz CT molecular complexity index is 710. The van der Waals surface area contributed by atoms with E-state index in [2.05, 4.69) is 29.5 Å². The lowest BCUT2D eigenvalue weighted by Crippen LogP contribution is -2.51. The van der Waals surface area contributed by atoms with Gasteiger partial charge >= 0.3 is 0 Å². The first-order valence-corrected chi connectivity index (χ1v) is 20.8. The van der Waals surface area contributed by atoms with E-state index in [0.29, 0.717) is 12.8 Å². The Kier molecular flexibility index (Phi) is 35.8. The molecule has 4 unspecified atom stereocenters. The molecule has 0 aromatic heterocycles. The van der Waals surface area contributed by atoms with Crippen LogP contribution in [0.5, 0.6) is 0 Å². The topological polar surface area (TPSA) is 128 Å². The van der Waals surface area contributed by atoms with Gasteiger partial charge in [0, 0.05) is 0 Å². The van der Waals surface area contributed by atoms with Crippen molar-refractivity contribution in [1.82, 2.24) is 5.32 Å². The first-order chi connectivity index (χ1) is 23.5. The second kappa shape index (κ2) is 36.9. The summed E-state index contributed by atoms with van der Waals surface area (Å²) >= 11 is 0. The molecule has 0 aromatic carbocycles. The van der Waals surface area contributed by atoms with Gasteiger partial charge in [-0.2, -0.15) is 9.81 Å². The Morgan fingerprint density at radius 2 is 0.812 bits per heavy atom. The van der Waals surface area contributed by atoms with Crippen LogP contribution in [-0.2, 0) is 4.79 Å². The second-order valence-electron chi connectivity index (χ2n) is 14.6. The smallest absolute Gasteiger partial charge is 0.249 e. The van der Waals surface area contributed by atoms with Crippen molar-refractivity contribution < 1.29 is 15.0 Å². The largest absolute Gasteiger partial charge is 0.394 e. The third kappa shape index (κ3) is 28.4. The van der Waals surface area contributed by atoms with Crippen LogP contribution in [-0.4, -0.2) is 47.0 Å². The maximum Gasteiger partial charge on any atom is 0.249 e. The van der Waals surface area contributed by atoms with Crippen LogP contribution >= 0.6 is 0 Å². The van der Waals surface area contributed by atoms with Crippen molar-refractivity contribution in [2.45, 2.75) is 244 Å². The summed E-state index contributed by atoms with van der Waals surface area (Å²) in [6.45, 7) is 3.96. The van der Waals surface area contributed by atoms with Gasteiger partial charge in [0.05, 0.1) is 12.6 Å². The lowest BCUT2D eigenvalue weighted by molar-refractivity contribution is -0.131. The number of hydrogen-bond acceptors (Lipinski definition) is 7. The molecular formula is C40H79N3O5. The van der Waals surface area contributed by atoms with E-state index >= 15 is 0 Å². The van der Waals surface area contributed by atoms with Crippen LogP contribution in [0.3, 0.4) is 0 Å². The quantitative estimate of drug-likeness (QED) is 0.0439. The molecule has 0 saturated heterocycles. The van der Waals surface area contributed by atoms with E-state index in [-0.39, 0.29) is 0 Å². The molecule has 8 heteroatoms. The fraction of sp³-hybridized carbons (Fsp3) is 0.975. The summed E-state index contributed by atoms with van der Waals surface area (Å²) in [6.07, 6.45) is 36.9. The van der Waals surface area contributed by atoms with Gasteiger partial charge in [0.1, 0.15) is 18.2 Å². The zero-order chi connectivity index (χ0) is 35.3. The van der Waals surface area contributed by atoms with E-state index in [4.69, 9.17) is 0 Å². The number of aliphatic hydroxyl groups excluding tert-OH is 2. The lowest BCUT2D eigenvalue weighted by atomic mass is 9.95. The van der Waals surface area contributed by atoms with Crippen LogP contribution in [0.2, 0.25) is 0 Å². The van der Waals surface area contributed by atoms with Gasteiger partial charge in [0.25, 0.3) is 0 Å². The number of carbonyl (C=O) groups excluding carboxylic acids is 1. The molecular weight excluding hydrogens is 602 g/mol. The highest BCUT2D eigenvalue weighted by atomic mass is 16.3. The third-order valence-electron chi connectivity index (χ3n) is 10.1. The number of rotatable bonds is 39. The van der Waals surface area contributed by atoms with Crippen molar-refractivity contribution in [3.05, 3.63) is 9.81 Å². The van der Waals surface area contributed by atoms with E-state index in [1.807, 2.05) is 0 Å². The van der Waals surface area contributed by atoms with Crippen molar-refractivity contribution in [1.29, 1.82) is 0 Å². The highest BCUT2D eigenvalue weighted by Crippen LogP contribution is 2.19. The molecule has 0 radical (unpaired) electrons. The van der Waals surface area contributed by atoms with Gasteiger partial charge in [0.15, 0.2) is 0 Å². The fourth-order valence-electron chi connectivity index (χ4n) is 6.78. The molecule has 0 aliphatic heterocycles. The highest BCUT2D eigenvalue weighted by molar-refractivity contribution is 5.80. The molecule has 3 N–H and O–H groups in total. The Morgan fingerprint density at radius 3 is 1.10 bits per heavy atom. The van der Waals surface area contributed by atoms with E-state index in [1.165, 1.54) is 148 Å². The molecule has 0 rings (SSSR count). The maximum absolute atomic E-state index is 12.6. The van der Waals surface area contributed by atoms with E-state index in [9.17, 15) is 24.8 Å². The molecule has 0 heterocycles. The van der Waals surface area contributed by atoms with Crippen molar-refractivity contribution >= 4 is 5.91 Å². The summed E-state index contributed by atoms with van der Waals surface area (Å²) in [4.78, 5) is 35.8. The zero-order valence-electron chi connectivity index (χ0n) is 31.7. The van der Waals surface area contributed by atoms with Gasteiger partial charge in [-0.05, 0) is 12.8 Å². The van der Waals surface area contributed by atoms with Crippen molar-refractivity contribution in [2.24, 2.45) is 10.4 Å². The van der Waals surface area contributed by atoms with Crippen molar-refractivity contribution in [3.63, 3.8) is 0 Å². The normalized spacial score (nSPS) is 14.0. The molecule has 48 heavy (non-hydrogen) atoms. The number of carbonyl (C=O) groups is 1. The number of nitrogens with one attached hydrogen (secondary N) is 1. The molecule has 0 aliphatic carbocycles. The van der Waals surface area contributed by atoms with Crippen molar-refractivity contribution in [2.75, 3.05) is 6.61 Å². The number of unbranched alkanes of at least 4 members (excludes halogenated alkanes) is 28. The van der Waals surface area contributed by atoms with Crippen LogP contribution in [0.25, 0.3) is 0 Å². The fourth-order valence-corrected chi connectivity index (χ4v) is 6.78. The molecule has 1 amide bonds. The molecule has 0 saturated carbocycles. The zero-order valence-corrected chi connectivity index (χ0v) is 31.7. The van der Waals surface area contributed by atoms with Gasteiger partial charge in [-0.3, -0.25) is 4.79 Å². The number of hydrogen-bond donors (Lipinski definition) is 3. The predicted molar refractivity (Wildman–Crippen MR) is 203 cm³/mol. The molecule has 4 atom stereocenters. The summed E-state index contributed by atoms with van der Waals surface area (Å²) in [5, 5.41) is 29.0. The first-order valence-electron chi connectivity index (χ1n) is 20.8. The molecule has 0 aromatic rings. The summed E-state index contributed by atoms with van der Waals surface area (Å²) in [5.41, 5.74) is 0. The molecule has 0 fully saturated rings. The van der Waals surface area contributed by atoms with Gasteiger partial charge in [-0.25, -0.2) is 0 Å². The maximum atomic E-state index is 12.6. The minimum absolute atomic E-state index is 0.329. The second-order valence-corrected chi connectivity index (χ2v) is 14.6. The molecule has 0 bridgehead atoms. The van der Waals surface area contributed by atoms with Gasteiger partial charge in [-0.1, -0.05) is 217 Å². The van der Waals surface area contributed by atoms with Crippen LogP contribution in [0.4, 0.5) is 0 Å². The third-order valence-corrected chi connectivity index (χ3v) is 10.1. The monoisotopic (exact) mass is 682 g/mol. The van der Waals surface area contributed by atoms with E-state index in [1.54, 1.807) is 0 Å². The number of amides is 1. The van der Waals surface area contributed by atoms with E-state index in [0.717, 1.165) is 44.9 Å². The number of nitroso groups, excluding NO2 is 2. The van der Waals surface area contributed by atoms with Crippen LogP contribution in [0, 0.1) is 9.81 Å². The van der Waals surface area contributed by atoms with Crippen LogP contribution in [0.1, 0.15) is 219 Å². The SMILES string of the molecule is CCCCCCCCCCCCCCCCCCCCC(O)C(=O)NC(CO)C(N=O)C(CCCCCCCCCCCCCC)N=O. The van der Waals surface area contributed by atoms with Gasteiger partial charge in [0.2, 0.25) is 5.91 Å². The summed E-state index contributed by atoms with van der Waals surface area (Å²) in [5.74, 6) is -0.635. The lowest BCUT2D eigenvalue weighted by Gasteiger charge is -2.25. The molecule has 0 aliphatic rings. The van der Waals surface area contributed by atoms with Gasteiger partial charge in [-0.15, -0.1) is 0 Å². The number of nitrogens with zero attached hydrogens (tertiary/aromatic N) is 2. The predicted octanol–water partition coefficient (Wildman–Crippen LogP) is 11.6. The highest BCUT2D eigenvalue weighted by Gasteiger charge is 2.33. The molecule has 8 nitrogen and oxygen atoms in total. The summed E-state index contributed by atoms with van der Waals surface area (Å²) in [7, 11) is 0. The Labute approximate surface area is 296 Å². The Balaban J connectivity index is 3.95.